The molecule has 3 heterocycles. The Bertz CT molecular complexity index is 685. The zero-order valence-corrected chi connectivity index (χ0v) is 13.9. The number of aryl methyl sites for hydroxylation is 1. The fraction of sp³-hybridized carbons (Fsp3) is 0.562. The number of likely N-dealkylation sites (tertiary alicyclic amines) is 1. The van der Waals surface area contributed by atoms with Gasteiger partial charge in [0.25, 0.3) is 0 Å². The summed E-state index contributed by atoms with van der Waals surface area (Å²) in [6, 6.07) is -0.0456. The molecule has 1 aliphatic carbocycles. The van der Waals surface area contributed by atoms with E-state index in [1.807, 2.05) is 23.4 Å². The predicted molar refractivity (Wildman–Crippen MR) is 87.9 cm³/mol. The van der Waals surface area contributed by atoms with Crippen LogP contribution in [0.3, 0.4) is 0 Å². The predicted octanol–water partition coefficient (Wildman–Crippen LogP) is 3.73. The zero-order valence-electron chi connectivity index (χ0n) is 13.1. The Labute approximate surface area is 138 Å². The van der Waals surface area contributed by atoms with Crippen LogP contribution in [-0.4, -0.2) is 34.2 Å². The number of nitrogens with zero attached hydrogens (tertiary/aromatic N) is 3. The van der Waals surface area contributed by atoms with Crippen LogP contribution in [0, 0.1) is 6.92 Å². The van der Waals surface area contributed by atoms with Crippen molar-refractivity contribution in [3.63, 3.8) is 0 Å². The maximum atomic E-state index is 12.5. The Morgan fingerprint density at radius 1 is 1.30 bits per heavy atom. The molecule has 6 nitrogen and oxygen atoms in total. The lowest BCUT2D eigenvalue weighted by molar-refractivity contribution is 0.194. The molecule has 0 radical (unpaired) electrons. The summed E-state index contributed by atoms with van der Waals surface area (Å²) in [4.78, 5) is 18.8. The molecule has 1 aliphatic heterocycles. The number of hydrogen-bond donors (Lipinski definition) is 1. The fourth-order valence-corrected chi connectivity index (χ4v) is 3.93. The summed E-state index contributed by atoms with van der Waals surface area (Å²) in [6.45, 7) is 3.40. The van der Waals surface area contributed by atoms with Crippen molar-refractivity contribution in [2.24, 2.45) is 0 Å². The third-order valence-electron chi connectivity index (χ3n) is 4.65. The number of anilines is 1. The lowest BCUT2D eigenvalue weighted by Gasteiger charge is -2.31. The molecule has 1 saturated heterocycles. The number of carbonyl (C=O) groups excluding carboxylic acids is 1. The van der Waals surface area contributed by atoms with Crippen molar-refractivity contribution in [1.82, 2.24) is 15.0 Å². The van der Waals surface area contributed by atoms with Gasteiger partial charge in [-0.2, -0.15) is 0 Å². The van der Waals surface area contributed by atoms with Crippen LogP contribution in [0.1, 0.15) is 54.0 Å². The molecule has 0 unspecified atom stereocenters. The molecular formula is C16H20N4O2S. The molecule has 7 heteroatoms. The highest BCUT2D eigenvalue weighted by Crippen LogP contribution is 2.44. The largest absolute Gasteiger partial charge is 0.359 e. The highest BCUT2D eigenvalue weighted by molar-refractivity contribution is 7.09. The Balaban J connectivity index is 1.38. The Hall–Kier alpha value is -1.89. The van der Waals surface area contributed by atoms with Gasteiger partial charge in [-0.1, -0.05) is 5.16 Å². The maximum Gasteiger partial charge on any atom is 0.321 e. The van der Waals surface area contributed by atoms with Crippen molar-refractivity contribution in [2.75, 3.05) is 18.4 Å². The number of piperidine rings is 1. The first kappa shape index (κ1) is 14.7. The lowest BCUT2D eigenvalue weighted by atomic mass is 9.98. The fourth-order valence-electron chi connectivity index (χ4n) is 3.12. The van der Waals surface area contributed by atoms with Crippen molar-refractivity contribution in [2.45, 2.75) is 44.4 Å². The number of aromatic nitrogens is 2. The highest BCUT2D eigenvalue weighted by Gasteiger charge is 2.33. The number of thiazole rings is 1. The van der Waals surface area contributed by atoms with E-state index >= 15 is 0 Å². The molecule has 4 rings (SSSR count). The number of rotatable bonds is 3. The molecule has 0 atom stereocenters. The van der Waals surface area contributed by atoms with Gasteiger partial charge in [-0.3, -0.25) is 0 Å². The minimum atomic E-state index is -0.0456. The quantitative estimate of drug-likeness (QED) is 0.929. The lowest BCUT2D eigenvalue weighted by Crippen LogP contribution is -2.40. The summed E-state index contributed by atoms with van der Waals surface area (Å²) in [7, 11) is 0. The zero-order chi connectivity index (χ0) is 15.8. The van der Waals surface area contributed by atoms with Gasteiger partial charge in [-0.25, -0.2) is 9.78 Å². The van der Waals surface area contributed by atoms with Gasteiger partial charge in [0.2, 0.25) is 0 Å². The standard InChI is InChI=1S/C16H20N4O2S/c1-10-13(14(22-19-10)11-2-3-11)18-16(21)20-7-4-12(5-8-20)15-17-6-9-23-15/h6,9,11-12H,2-5,7-8H2,1H3,(H,18,21). The number of carbonyl (C=O) groups is 1. The molecular weight excluding hydrogens is 312 g/mol. The first-order valence-corrected chi connectivity index (χ1v) is 9.02. The molecule has 2 aliphatic rings. The monoisotopic (exact) mass is 332 g/mol. The summed E-state index contributed by atoms with van der Waals surface area (Å²) in [5.74, 6) is 1.76. The van der Waals surface area contributed by atoms with E-state index in [9.17, 15) is 4.79 Å². The maximum absolute atomic E-state index is 12.5. The Morgan fingerprint density at radius 2 is 2.09 bits per heavy atom. The van der Waals surface area contributed by atoms with E-state index in [0.29, 0.717) is 11.8 Å². The summed E-state index contributed by atoms with van der Waals surface area (Å²) < 4.78 is 5.38. The smallest absolute Gasteiger partial charge is 0.321 e. The molecule has 2 aromatic heterocycles. The van der Waals surface area contributed by atoms with Gasteiger partial charge in [0.15, 0.2) is 5.76 Å². The van der Waals surface area contributed by atoms with Gasteiger partial charge in [-0.15, -0.1) is 11.3 Å². The van der Waals surface area contributed by atoms with Crippen molar-refractivity contribution < 1.29 is 9.32 Å². The molecule has 1 N–H and O–H groups in total. The van der Waals surface area contributed by atoms with Crippen LogP contribution < -0.4 is 5.32 Å². The van der Waals surface area contributed by atoms with Crippen molar-refractivity contribution in [3.05, 3.63) is 28.0 Å². The molecule has 2 amide bonds. The van der Waals surface area contributed by atoms with Gasteiger partial charge in [0, 0.05) is 36.5 Å². The van der Waals surface area contributed by atoms with Crippen LogP contribution in [0.25, 0.3) is 0 Å². The molecule has 2 aromatic rings. The van der Waals surface area contributed by atoms with Crippen LogP contribution in [0.2, 0.25) is 0 Å². The summed E-state index contributed by atoms with van der Waals surface area (Å²) in [6.07, 6.45) is 6.04. The van der Waals surface area contributed by atoms with Crippen molar-refractivity contribution in [3.8, 4) is 0 Å². The molecule has 122 valence electrons. The van der Waals surface area contributed by atoms with Gasteiger partial charge in [0.05, 0.1) is 5.01 Å². The van der Waals surface area contributed by atoms with E-state index in [-0.39, 0.29) is 6.03 Å². The first-order chi connectivity index (χ1) is 11.2. The molecule has 23 heavy (non-hydrogen) atoms. The van der Waals surface area contributed by atoms with Crippen molar-refractivity contribution in [1.29, 1.82) is 0 Å². The second-order valence-corrected chi connectivity index (χ2v) is 7.27. The molecule has 0 aromatic carbocycles. The molecule has 2 fully saturated rings. The second kappa shape index (κ2) is 5.96. The van der Waals surface area contributed by atoms with Crippen LogP contribution in [0.4, 0.5) is 10.5 Å². The highest BCUT2D eigenvalue weighted by atomic mass is 32.1. The third-order valence-corrected chi connectivity index (χ3v) is 5.59. The SMILES string of the molecule is Cc1noc(C2CC2)c1NC(=O)N1CCC(c2nccs2)CC1. The normalized spacial score (nSPS) is 19.1. The van der Waals surface area contributed by atoms with Crippen LogP contribution in [-0.2, 0) is 0 Å². The summed E-state index contributed by atoms with van der Waals surface area (Å²) >= 11 is 1.71. The van der Waals surface area contributed by atoms with Crippen LogP contribution >= 0.6 is 11.3 Å². The molecule has 1 saturated carbocycles. The minimum Gasteiger partial charge on any atom is -0.359 e. The molecule has 0 bridgehead atoms. The minimum absolute atomic E-state index is 0.0456. The number of amides is 2. The summed E-state index contributed by atoms with van der Waals surface area (Å²) in [5, 5.41) is 10.2. The third kappa shape index (κ3) is 2.97. The summed E-state index contributed by atoms with van der Waals surface area (Å²) in [5.41, 5.74) is 1.54. The van der Waals surface area contributed by atoms with Crippen LogP contribution in [0.5, 0.6) is 0 Å². The van der Waals surface area contributed by atoms with E-state index in [1.165, 1.54) is 5.01 Å². The van der Waals surface area contributed by atoms with Gasteiger partial charge in [0.1, 0.15) is 11.4 Å². The van der Waals surface area contributed by atoms with Gasteiger partial charge < -0.3 is 14.7 Å². The van der Waals surface area contributed by atoms with E-state index < -0.39 is 0 Å². The molecule has 0 spiro atoms. The van der Waals surface area contributed by atoms with Gasteiger partial charge in [-0.05, 0) is 32.6 Å². The van der Waals surface area contributed by atoms with E-state index in [1.54, 1.807) is 11.3 Å². The van der Waals surface area contributed by atoms with Crippen molar-refractivity contribution >= 4 is 23.1 Å². The second-order valence-electron chi connectivity index (χ2n) is 6.34. The first-order valence-electron chi connectivity index (χ1n) is 8.14. The topological polar surface area (TPSA) is 71.3 Å². The van der Waals surface area contributed by atoms with Crippen LogP contribution in [0.15, 0.2) is 16.1 Å². The Morgan fingerprint density at radius 3 is 2.74 bits per heavy atom. The average Bonchev–Trinajstić information content (AvgIpc) is 3.14. The average molecular weight is 332 g/mol. The number of nitrogens with one attached hydrogen (secondary N) is 1. The number of urea groups is 1. The number of hydrogen-bond acceptors (Lipinski definition) is 5. The van der Waals surface area contributed by atoms with E-state index in [0.717, 1.165) is 55.9 Å². The Kier molecular flexibility index (Phi) is 3.80. The van der Waals surface area contributed by atoms with E-state index in [2.05, 4.69) is 15.5 Å². The van der Waals surface area contributed by atoms with E-state index in [4.69, 9.17) is 4.52 Å². The van der Waals surface area contributed by atoms with Gasteiger partial charge >= 0.3 is 6.03 Å².